The van der Waals surface area contributed by atoms with Gasteiger partial charge < -0.3 is 10.1 Å². The summed E-state index contributed by atoms with van der Waals surface area (Å²) >= 11 is 3.27. The summed E-state index contributed by atoms with van der Waals surface area (Å²) in [6.07, 6.45) is 28.9. The first-order chi connectivity index (χ1) is 21.6. The van der Waals surface area contributed by atoms with Gasteiger partial charge in [0.05, 0.1) is 32.3 Å². The molecule has 0 fully saturated rings. The summed E-state index contributed by atoms with van der Waals surface area (Å²) in [4.78, 5) is 22.6. The van der Waals surface area contributed by atoms with Crippen LogP contribution in [0.4, 0.5) is 0 Å². The first kappa shape index (κ1) is 34.7. The van der Waals surface area contributed by atoms with Crippen molar-refractivity contribution in [2.75, 3.05) is 0 Å². The molecule has 1 amide bonds. The summed E-state index contributed by atoms with van der Waals surface area (Å²) in [6.45, 7) is 4.55. The molecule has 0 aliphatic carbocycles. The third kappa shape index (κ3) is 10.4. The second-order valence-electron chi connectivity index (χ2n) is 12.9. The molecule has 2 N–H and O–H groups in total. The summed E-state index contributed by atoms with van der Waals surface area (Å²) in [5, 5.41) is 15.3. The van der Waals surface area contributed by atoms with Gasteiger partial charge in [0, 0.05) is 0 Å². The molecule has 242 valence electrons. The van der Waals surface area contributed by atoms with E-state index in [0.29, 0.717) is 22.5 Å². The molecule has 44 heavy (non-hydrogen) atoms. The predicted octanol–water partition coefficient (Wildman–Crippen LogP) is 12.4. The number of nitrogens with one attached hydrogen (secondary N) is 1. The van der Waals surface area contributed by atoms with E-state index in [2.05, 4.69) is 46.7 Å². The molecule has 3 aromatic rings. The second-order valence-corrected chi connectivity index (χ2v) is 14.7. The molecule has 0 saturated carbocycles. The van der Waals surface area contributed by atoms with E-state index in [4.69, 9.17) is 0 Å². The Hall–Kier alpha value is -2.18. The van der Waals surface area contributed by atoms with E-state index in [1.807, 2.05) is 0 Å². The molecule has 1 aliphatic rings. The molecule has 4 rings (SSSR count). The van der Waals surface area contributed by atoms with Crippen LogP contribution in [0.3, 0.4) is 0 Å². The van der Waals surface area contributed by atoms with Crippen LogP contribution in [0.2, 0.25) is 0 Å². The van der Waals surface area contributed by atoms with Crippen LogP contribution in [-0.2, 0) is 12.8 Å². The monoisotopic (exact) mass is 636 g/mol. The quantitative estimate of drug-likeness (QED) is 0.0961. The van der Waals surface area contributed by atoms with Gasteiger partial charge in [-0.15, -0.1) is 22.7 Å². The maximum atomic E-state index is 13.1. The highest BCUT2D eigenvalue weighted by Crippen LogP contribution is 2.41. The summed E-state index contributed by atoms with van der Waals surface area (Å²) in [7, 11) is 0. The smallest absolute Gasteiger partial charge is 0.280 e. The summed E-state index contributed by atoms with van der Waals surface area (Å²) in [5.41, 5.74) is 5.04. The van der Waals surface area contributed by atoms with Crippen molar-refractivity contribution in [2.24, 2.45) is 4.99 Å². The van der Waals surface area contributed by atoms with Gasteiger partial charge in [-0.05, 0) is 59.7 Å². The van der Waals surface area contributed by atoms with Gasteiger partial charge in [-0.3, -0.25) is 4.79 Å². The lowest BCUT2D eigenvalue weighted by molar-refractivity contribution is 0.101. The van der Waals surface area contributed by atoms with Crippen molar-refractivity contribution in [1.82, 2.24) is 4.98 Å². The predicted molar refractivity (Wildman–Crippen MR) is 191 cm³/mol. The Morgan fingerprint density at radius 1 is 0.614 bits per heavy atom. The van der Waals surface area contributed by atoms with E-state index in [1.54, 1.807) is 22.7 Å². The number of thiophene rings is 2. The molecule has 3 aromatic heterocycles. The van der Waals surface area contributed by atoms with Crippen LogP contribution in [0.5, 0.6) is 5.88 Å². The number of hydrogen-bond donors (Lipinski definition) is 2. The lowest BCUT2D eigenvalue weighted by Crippen LogP contribution is -1.96. The number of rotatable bonds is 24. The van der Waals surface area contributed by atoms with Crippen molar-refractivity contribution in [3.05, 3.63) is 50.0 Å². The van der Waals surface area contributed by atoms with Gasteiger partial charge in [0.2, 0.25) is 0 Å². The zero-order chi connectivity index (χ0) is 31.0. The molecular weight excluding hydrogens is 581 g/mol. The normalized spacial score (nSPS) is 12.8. The zero-order valence-corrected chi connectivity index (χ0v) is 29.1. The lowest BCUT2D eigenvalue weighted by Gasteiger charge is -2.02. The molecule has 4 heterocycles. The Kier molecular flexibility index (Phi) is 15.3. The highest BCUT2D eigenvalue weighted by Gasteiger charge is 2.34. The number of aryl methyl sites for hydroxylation is 2. The molecule has 0 radical (unpaired) electrons. The maximum Gasteiger partial charge on any atom is 0.280 e. The number of fused-ring (bicyclic) bond motifs is 1. The average Bonchev–Trinajstić information content (AvgIpc) is 3.81. The number of carbonyl (C=O) groups is 1. The molecule has 0 saturated heterocycles. The van der Waals surface area contributed by atoms with Crippen molar-refractivity contribution in [3.63, 3.8) is 0 Å². The number of H-pyrrole nitrogens is 1. The minimum atomic E-state index is -0.254. The van der Waals surface area contributed by atoms with Gasteiger partial charge >= 0.3 is 0 Å². The van der Waals surface area contributed by atoms with E-state index in [1.165, 1.54) is 140 Å². The third-order valence-corrected chi connectivity index (χ3v) is 11.1. The van der Waals surface area contributed by atoms with Crippen molar-refractivity contribution in [2.45, 2.75) is 155 Å². The van der Waals surface area contributed by atoms with E-state index >= 15 is 0 Å². The van der Waals surface area contributed by atoms with Gasteiger partial charge in [0.1, 0.15) is 0 Å². The van der Waals surface area contributed by atoms with Crippen molar-refractivity contribution in [3.8, 4) is 16.5 Å². The van der Waals surface area contributed by atoms with Crippen LogP contribution in [0.15, 0.2) is 27.9 Å². The Labute approximate surface area is 274 Å². The number of hydrogen-bond acceptors (Lipinski definition) is 4. The highest BCUT2D eigenvalue weighted by atomic mass is 32.1. The molecule has 0 aromatic carbocycles. The fraction of sp³-hybridized carbons (Fsp3) is 0.632. The topological polar surface area (TPSA) is 65.5 Å². The Balaban J connectivity index is 1.22. The minimum absolute atomic E-state index is 0.0499. The molecule has 0 atom stereocenters. The number of amides is 1. The zero-order valence-electron chi connectivity index (χ0n) is 27.5. The van der Waals surface area contributed by atoms with Gasteiger partial charge in [-0.1, -0.05) is 129 Å². The van der Waals surface area contributed by atoms with Crippen molar-refractivity contribution < 1.29 is 9.90 Å². The van der Waals surface area contributed by atoms with E-state index in [9.17, 15) is 9.90 Å². The first-order valence-electron chi connectivity index (χ1n) is 17.9. The summed E-state index contributed by atoms with van der Waals surface area (Å²) in [6, 6.07) is 4.35. The number of aromatic amines is 1. The Bertz CT molecular complexity index is 1300. The third-order valence-electron chi connectivity index (χ3n) is 9.07. The largest absolute Gasteiger partial charge is 0.494 e. The van der Waals surface area contributed by atoms with Crippen LogP contribution in [0.1, 0.15) is 174 Å². The maximum absolute atomic E-state index is 13.1. The molecule has 0 spiro atoms. The van der Waals surface area contributed by atoms with Crippen LogP contribution in [0.25, 0.3) is 10.6 Å². The number of unbranched alkanes of at least 4 members (excludes halogenated alkanes) is 18. The number of aliphatic imine (C=N–C) groups is 1. The molecule has 4 nitrogen and oxygen atoms in total. The number of aromatic nitrogens is 1. The highest BCUT2D eigenvalue weighted by molar-refractivity contribution is 7.13. The van der Waals surface area contributed by atoms with Gasteiger partial charge in [0.15, 0.2) is 5.88 Å². The molecule has 1 aliphatic heterocycles. The minimum Gasteiger partial charge on any atom is -0.494 e. The Morgan fingerprint density at radius 2 is 1.05 bits per heavy atom. The van der Waals surface area contributed by atoms with Gasteiger partial charge in [-0.25, -0.2) is 4.99 Å². The van der Waals surface area contributed by atoms with Crippen molar-refractivity contribution in [1.29, 1.82) is 0 Å². The standard InChI is InChI=1S/C38H56N2O2S2/c1-3-5-7-9-11-13-15-17-19-21-23-29-25-31(43-27-29)35-33-34(38(42)39-35)36(40-37(33)41)32-26-30(28-44-32)24-22-20-18-16-14-12-10-8-6-4-2/h25-28,39,42H,3-24H2,1-2H3. The number of aromatic hydroxyl groups is 1. The van der Waals surface area contributed by atoms with Crippen LogP contribution >= 0.6 is 22.7 Å². The second kappa shape index (κ2) is 19.4. The van der Waals surface area contributed by atoms with E-state index in [0.717, 1.165) is 22.6 Å². The van der Waals surface area contributed by atoms with E-state index in [-0.39, 0.29) is 11.8 Å². The average molecular weight is 637 g/mol. The SMILES string of the molecule is CCCCCCCCCCCCc1csc(C2=NC(=O)c3c(-c4cc(CCCCCCCCCCCC)cs4)[nH]c(O)c32)c1. The van der Waals surface area contributed by atoms with Crippen LogP contribution in [-0.4, -0.2) is 21.7 Å². The fourth-order valence-electron chi connectivity index (χ4n) is 6.41. The summed E-state index contributed by atoms with van der Waals surface area (Å²) < 4.78 is 0. The molecular formula is C38H56N2O2S2. The Morgan fingerprint density at radius 3 is 1.55 bits per heavy atom. The van der Waals surface area contributed by atoms with Crippen molar-refractivity contribution >= 4 is 34.3 Å². The fourth-order valence-corrected chi connectivity index (χ4v) is 8.31. The number of carbonyl (C=O) groups excluding carboxylic acids is 1. The molecule has 6 heteroatoms. The molecule has 0 bridgehead atoms. The lowest BCUT2D eigenvalue weighted by atomic mass is 10.0. The molecule has 0 unspecified atom stereocenters. The van der Waals surface area contributed by atoms with Crippen LogP contribution in [0, 0.1) is 0 Å². The summed E-state index contributed by atoms with van der Waals surface area (Å²) in [5.74, 6) is -0.204. The van der Waals surface area contributed by atoms with E-state index < -0.39 is 0 Å². The van der Waals surface area contributed by atoms with Gasteiger partial charge in [-0.2, -0.15) is 0 Å². The number of nitrogens with zero attached hydrogens (tertiary/aromatic N) is 1. The first-order valence-corrected chi connectivity index (χ1v) is 19.6. The van der Waals surface area contributed by atoms with Gasteiger partial charge in [0.25, 0.3) is 5.91 Å². The van der Waals surface area contributed by atoms with Crippen LogP contribution < -0.4 is 0 Å².